The number of hydrogen-bond donors (Lipinski definition) is 0. The Morgan fingerprint density at radius 2 is 1.96 bits per heavy atom. The van der Waals surface area contributed by atoms with Gasteiger partial charge < -0.3 is 4.90 Å². The number of benzene rings is 1. The van der Waals surface area contributed by atoms with Crippen molar-refractivity contribution in [1.82, 2.24) is 9.80 Å². The first-order valence-corrected chi connectivity index (χ1v) is 9.02. The molecular weight excluding hydrogens is 331 g/mol. The fraction of sp³-hybridized carbons (Fsp3) is 0.611. The summed E-state index contributed by atoms with van der Waals surface area (Å²) in [5.74, 6) is 1.02. The molecule has 5 heteroatoms. The maximum absolute atomic E-state index is 12.3. The number of carbonyl (C=O) groups is 1. The molecule has 0 saturated carbocycles. The summed E-state index contributed by atoms with van der Waals surface area (Å²) in [5.41, 5.74) is 0.863. The van der Waals surface area contributed by atoms with Crippen molar-refractivity contribution in [2.75, 3.05) is 40.3 Å². The van der Waals surface area contributed by atoms with Crippen LogP contribution in [0.25, 0.3) is 0 Å². The van der Waals surface area contributed by atoms with Gasteiger partial charge in [-0.2, -0.15) is 0 Å². The van der Waals surface area contributed by atoms with Gasteiger partial charge in [-0.25, -0.2) is 0 Å². The van der Waals surface area contributed by atoms with Crippen LogP contribution in [0.3, 0.4) is 0 Å². The van der Waals surface area contributed by atoms with Gasteiger partial charge in [-0.05, 0) is 76.6 Å². The van der Waals surface area contributed by atoms with Crippen LogP contribution in [-0.4, -0.2) is 55.9 Å². The normalized spacial score (nSPS) is 16.9. The summed E-state index contributed by atoms with van der Waals surface area (Å²) < 4.78 is 0. The molecule has 1 aromatic rings. The van der Waals surface area contributed by atoms with Crippen LogP contribution in [0.5, 0.6) is 0 Å². The van der Waals surface area contributed by atoms with Crippen LogP contribution in [0.2, 0.25) is 10.0 Å². The Labute approximate surface area is 149 Å². The highest BCUT2D eigenvalue weighted by atomic mass is 35.5. The van der Waals surface area contributed by atoms with E-state index < -0.39 is 0 Å². The highest BCUT2D eigenvalue weighted by molar-refractivity contribution is 6.35. The third-order valence-corrected chi connectivity index (χ3v) is 5.08. The van der Waals surface area contributed by atoms with Crippen molar-refractivity contribution in [3.8, 4) is 0 Å². The lowest BCUT2D eigenvalue weighted by Gasteiger charge is -2.32. The number of carbonyl (C=O) groups excluding carboxylic acids is 1. The number of hydrogen-bond acceptors (Lipinski definition) is 3. The summed E-state index contributed by atoms with van der Waals surface area (Å²) in [6, 6.07) is 5.32. The maximum Gasteiger partial charge on any atom is 0.151 e. The van der Waals surface area contributed by atoms with Crippen LogP contribution in [0, 0.1) is 5.92 Å². The summed E-state index contributed by atoms with van der Waals surface area (Å²) in [6.07, 6.45) is 4.04. The average molecular weight is 357 g/mol. The third kappa shape index (κ3) is 6.42. The third-order valence-electron chi connectivity index (χ3n) is 4.49. The molecule has 3 nitrogen and oxygen atoms in total. The van der Waals surface area contributed by atoms with Gasteiger partial charge >= 0.3 is 0 Å². The minimum absolute atomic E-state index is 0.223. The van der Waals surface area contributed by atoms with Gasteiger partial charge in [0.05, 0.1) is 6.54 Å². The van der Waals surface area contributed by atoms with Gasteiger partial charge in [0.2, 0.25) is 0 Å². The van der Waals surface area contributed by atoms with Gasteiger partial charge in [-0.1, -0.05) is 29.3 Å². The first-order valence-electron chi connectivity index (χ1n) is 8.26. The molecule has 0 N–H and O–H groups in total. The Morgan fingerprint density at radius 3 is 2.57 bits per heavy atom. The molecule has 0 spiro atoms. The van der Waals surface area contributed by atoms with Gasteiger partial charge in [0.1, 0.15) is 0 Å². The van der Waals surface area contributed by atoms with Crippen molar-refractivity contribution >= 4 is 29.0 Å². The Morgan fingerprint density at radius 1 is 1.26 bits per heavy atom. The maximum atomic E-state index is 12.3. The van der Waals surface area contributed by atoms with E-state index in [0.29, 0.717) is 23.0 Å². The molecule has 0 amide bonds. The van der Waals surface area contributed by atoms with Crippen molar-refractivity contribution in [3.63, 3.8) is 0 Å². The monoisotopic (exact) mass is 356 g/mol. The summed E-state index contributed by atoms with van der Waals surface area (Å²) in [5, 5.41) is 1.18. The van der Waals surface area contributed by atoms with Crippen molar-refractivity contribution in [3.05, 3.63) is 33.8 Å². The molecule has 1 saturated heterocycles. The van der Waals surface area contributed by atoms with Crippen molar-refractivity contribution in [2.24, 2.45) is 5.92 Å². The number of nitrogens with zero attached hydrogens (tertiary/aromatic N) is 2. The predicted molar refractivity (Wildman–Crippen MR) is 97.5 cm³/mol. The lowest BCUT2D eigenvalue weighted by Crippen LogP contribution is -2.38. The van der Waals surface area contributed by atoms with Gasteiger partial charge in [-0.15, -0.1) is 0 Å². The van der Waals surface area contributed by atoms with E-state index in [2.05, 4.69) is 23.9 Å². The van der Waals surface area contributed by atoms with E-state index in [-0.39, 0.29) is 5.78 Å². The molecule has 1 aromatic carbocycles. The van der Waals surface area contributed by atoms with Gasteiger partial charge in [0, 0.05) is 16.5 Å². The topological polar surface area (TPSA) is 23.6 Å². The highest BCUT2D eigenvalue weighted by Gasteiger charge is 2.21. The lowest BCUT2D eigenvalue weighted by molar-refractivity contribution is -0.119. The fourth-order valence-electron chi connectivity index (χ4n) is 3.06. The van der Waals surface area contributed by atoms with Crippen LogP contribution in [0.1, 0.15) is 24.8 Å². The summed E-state index contributed by atoms with van der Waals surface area (Å²) in [4.78, 5) is 16.8. The van der Waals surface area contributed by atoms with E-state index in [0.717, 1.165) is 31.1 Å². The van der Waals surface area contributed by atoms with Gasteiger partial charge in [-0.3, -0.25) is 9.69 Å². The van der Waals surface area contributed by atoms with Crippen LogP contribution in [0.4, 0.5) is 0 Å². The molecule has 128 valence electrons. The molecule has 2 rings (SSSR count). The van der Waals surface area contributed by atoms with Crippen LogP contribution in [-0.2, 0) is 11.2 Å². The van der Waals surface area contributed by atoms with Gasteiger partial charge in [0.25, 0.3) is 0 Å². The second-order valence-electron chi connectivity index (χ2n) is 6.76. The quantitative estimate of drug-likeness (QED) is 0.742. The van der Waals surface area contributed by atoms with E-state index in [1.807, 2.05) is 6.07 Å². The zero-order valence-electron chi connectivity index (χ0n) is 14.0. The molecule has 23 heavy (non-hydrogen) atoms. The largest absolute Gasteiger partial charge is 0.309 e. The van der Waals surface area contributed by atoms with Crippen LogP contribution in [0.15, 0.2) is 18.2 Å². The highest BCUT2D eigenvalue weighted by Crippen LogP contribution is 2.23. The number of Topliss-reactive ketones (excluding diaryl/α,β-unsaturated/α-hetero) is 1. The Bertz CT molecular complexity index is 526. The Hall–Kier alpha value is -0.610. The summed E-state index contributed by atoms with van der Waals surface area (Å²) in [6.45, 7) is 3.73. The standard InChI is InChI=1S/C18H26Cl2N2O/c1-21(2)8-5-14-6-9-22(10-7-14)13-17(23)11-15-3-4-16(19)12-18(15)20/h3-4,12,14H,5-11,13H2,1-2H3. The molecule has 1 aliphatic heterocycles. The molecule has 0 bridgehead atoms. The fourth-order valence-corrected chi connectivity index (χ4v) is 3.53. The van der Waals surface area contributed by atoms with Crippen molar-refractivity contribution in [1.29, 1.82) is 0 Å². The number of rotatable bonds is 7. The second kappa shape index (κ2) is 9.03. The zero-order valence-corrected chi connectivity index (χ0v) is 15.5. The number of likely N-dealkylation sites (tertiary alicyclic amines) is 1. The second-order valence-corrected chi connectivity index (χ2v) is 7.61. The molecule has 1 heterocycles. The first-order chi connectivity index (χ1) is 10.9. The molecular formula is C18H26Cl2N2O. The van der Waals surface area contributed by atoms with E-state index in [9.17, 15) is 4.79 Å². The van der Waals surface area contributed by atoms with Crippen LogP contribution < -0.4 is 0 Å². The van der Waals surface area contributed by atoms with E-state index in [4.69, 9.17) is 23.2 Å². The molecule has 0 unspecified atom stereocenters. The number of ketones is 1. The molecule has 0 aromatic heterocycles. The SMILES string of the molecule is CN(C)CCC1CCN(CC(=O)Cc2ccc(Cl)cc2Cl)CC1. The lowest BCUT2D eigenvalue weighted by atomic mass is 9.93. The van der Waals surface area contributed by atoms with Crippen molar-refractivity contribution < 1.29 is 4.79 Å². The molecule has 0 atom stereocenters. The summed E-state index contributed by atoms with van der Waals surface area (Å²) >= 11 is 12.0. The first kappa shape index (κ1) is 18.7. The van der Waals surface area contributed by atoms with Gasteiger partial charge in [0.15, 0.2) is 5.78 Å². The molecule has 1 fully saturated rings. The van der Waals surface area contributed by atoms with E-state index in [1.54, 1.807) is 12.1 Å². The Kier molecular flexibility index (Phi) is 7.35. The molecule has 0 radical (unpaired) electrons. The van der Waals surface area contributed by atoms with Crippen molar-refractivity contribution in [2.45, 2.75) is 25.7 Å². The average Bonchev–Trinajstić information content (AvgIpc) is 2.49. The minimum Gasteiger partial charge on any atom is -0.309 e. The predicted octanol–water partition coefficient (Wildman–Crippen LogP) is 3.77. The summed E-state index contributed by atoms with van der Waals surface area (Å²) in [7, 11) is 4.24. The molecule has 0 aliphatic carbocycles. The van der Waals surface area contributed by atoms with E-state index >= 15 is 0 Å². The smallest absolute Gasteiger partial charge is 0.151 e. The van der Waals surface area contributed by atoms with E-state index in [1.165, 1.54) is 19.3 Å². The number of halogens is 2. The van der Waals surface area contributed by atoms with Crippen LogP contribution >= 0.6 is 23.2 Å². The molecule has 1 aliphatic rings. The minimum atomic E-state index is 0.223. The Balaban J connectivity index is 1.74. The number of piperidine rings is 1. The zero-order chi connectivity index (χ0) is 16.8.